The van der Waals surface area contributed by atoms with Gasteiger partial charge in [-0.3, -0.25) is 4.99 Å². The molecule has 4 heteroatoms. The third-order valence-corrected chi connectivity index (χ3v) is 5.06. The zero-order valence-corrected chi connectivity index (χ0v) is 17.7. The number of nitrogens with zero attached hydrogens (tertiary/aromatic N) is 2. The van der Waals surface area contributed by atoms with Crippen LogP contribution in [-0.2, 0) is 6.54 Å². The number of aliphatic imine (C=N–C) groups is 2. The fraction of sp³-hybridized carbons (Fsp3) is 0.0370. The molecule has 0 bridgehead atoms. The number of benzene rings is 4. The van der Waals surface area contributed by atoms with Gasteiger partial charge in [0.2, 0.25) is 0 Å². The molecule has 0 saturated heterocycles. The van der Waals surface area contributed by atoms with Crippen LogP contribution >= 0.6 is 11.6 Å². The van der Waals surface area contributed by atoms with Crippen molar-refractivity contribution in [2.75, 3.05) is 0 Å². The highest BCUT2D eigenvalue weighted by atomic mass is 35.5. The van der Waals surface area contributed by atoms with E-state index in [1.165, 1.54) is 0 Å². The van der Waals surface area contributed by atoms with Crippen LogP contribution < -0.4 is 5.73 Å². The molecule has 0 aliphatic rings. The Morgan fingerprint density at radius 3 is 2.00 bits per heavy atom. The summed E-state index contributed by atoms with van der Waals surface area (Å²) in [6.07, 6.45) is 0. The molecular formula is C27H22ClN3. The highest BCUT2D eigenvalue weighted by Gasteiger charge is 2.07. The van der Waals surface area contributed by atoms with Gasteiger partial charge in [0.15, 0.2) is 5.84 Å². The summed E-state index contributed by atoms with van der Waals surface area (Å²) in [7, 11) is 0. The third-order valence-electron chi connectivity index (χ3n) is 4.83. The number of hydrogen-bond acceptors (Lipinski definition) is 1. The second-order valence-electron chi connectivity index (χ2n) is 7.08. The van der Waals surface area contributed by atoms with Gasteiger partial charge in [-0.2, -0.15) is 0 Å². The molecule has 0 radical (unpaired) electrons. The quantitative estimate of drug-likeness (QED) is 0.294. The number of halogens is 1. The molecule has 152 valence electrons. The molecule has 0 spiro atoms. The summed E-state index contributed by atoms with van der Waals surface area (Å²) in [6, 6.07) is 35.7. The van der Waals surface area contributed by atoms with Gasteiger partial charge in [-0.25, -0.2) is 4.99 Å². The number of amidine groups is 2. The van der Waals surface area contributed by atoms with Crippen LogP contribution in [0.5, 0.6) is 0 Å². The largest absolute Gasteiger partial charge is 0.383 e. The van der Waals surface area contributed by atoms with Gasteiger partial charge in [0.05, 0.1) is 6.54 Å². The average molecular weight is 424 g/mol. The van der Waals surface area contributed by atoms with E-state index in [-0.39, 0.29) is 0 Å². The lowest BCUT2D eigenvalue weighted by molar-refractivity contribution is 1.06. The van der Waals surface area contributed by atoms with Gasteiger partial charge in [-0.05, 0) is 34.9 Å². The summed E-state index contributed by atoms with van der Waals surface area (Å²) in [4.78, 5) is 9.46. The van der Waals surface area contributed by atoms with Gasteiger partial charge in [-0.15, -0.1) is 0 Å². The highest BCUT2D eigenvalue weighted by Crippen LogP contribution is 2.23. The van der Waals surface area contributed by atoms with Crippen LogP contribution in [0.1, 0.15) is 16.7 Å². The molecule has 0 aliphatic carbocycles. The zero-order chi connectivity index (χ0) is 21.5. The van der Waals surface area contributed by atoms with Crippen molar-refractivity contribution in [1.29, 1.82) is 0 Å². The summed E-state index contributed by atoms with van der Waals surface area (Å²) in [6.45, 7) is 0.532. The topological polar surface area (TPSA) is 50.7 Å². The molecule has 0 heterocycles. The minimum absolute atomic E-state index is 0.416. The van der Waals surface area contributed by atoms with Crippen molar-refractivity contribution in [3.63, 3.8) is 0 Å². The molecule has 0 aromatic heterocycles. The van der Waals surface area contributed by atoms with E-state index in [2.05, 4.69) is 0 Å². The Labute approximate surface area is 187 Å². The van der Waals surface area contributed by atoms with E-state index in [1.54, 1.807) is 0 Å². The molecule has 0 unspecified atom stereocenters. The summed E-state index contributed by atoms with van der Waals surface area (Å²) in [5.41, 5.74) is 11.4. The second-order valence-corrected chi connectivity index (χ2v) is 7.52. The van der Waals surface area contributed by atoms with Crippen molar-refractivity contribution < 1.29 is 0 Å². The Kier molecular flexibility index (Phi) is 6.56. The number of rotatable bonds is 5. The number of hydrogen-bond donors (Lipinski definition) is 1. The maximum Gasteiger partial charge on any atom is 0.157 e. The molecule has 4 aromatic carbocycles. The first-order chi connectivity index (χ1) is 15.2. The lowest BCUT2D eigenvalue weighted by Crippen LogP contribution is -2.16. The molecule has 0 saturated carbocycles. The van der Waals surface area contributed by atoms with E-state index in [1.807, 2.05) is 109 Å². The summed E-state index contributed by atoms with van der Waals surface area (Å²) in [5, 5.41) is 0.698. The normalized spacial score (nSPS) is 12.0. The Morgan fingerprint density at radius 2 is 1.29 bits per heavy atom. The first-order valence-corrected chi connectivity index (χ1v) is 10.4. The highest BCUT2D eigenvalue weighted by molar-refractivity contribution is 6.30. The molecule has 31 heavy (non-hydrogen) atoms. The minimum atomic E-state index is 0.416. The Balaban J connectivity index is 1.68. The molecule has 3 nitrogen and oxygen atoms in total. The van der Waals surface area contributed by atoms with E-state index >= 15 is 0 Å². The van der Waals surface area contributed by atoms with Crippen molar-refractivity contribution in [2.45, 2.75) is 6.54 Å². The Bertz CT molecular complexity index is 1220. The molecule has 0 atom stereocenters. The van der Waals surface area contributed by atoms with Gasteiger partial charge in [-0.1, -0.05) is 103 Å². The van der Waals surface area contributed by atoms with E-state index in [0.29, 0.717) is 23.2 Å². The van der Waals surface area contributed by atoms with Crippen LogP contribution in [0.25, 0.3) is 11.1 Å². The van der Waals surface area contributed by atoms with Crippen LogP contribution in [0.15, 0.2) is 119 Å². The van der Waals surface area contributed by atoms with Crippen LogP contribution in [-0.4, -0.2) is 11.7 Å². The molecule has 0 aliphatic heterocycles. The lowest BCUT2D eigenvalue weighted by atomic mass is 10.0. The fourth-order valence-corrected chi connectivity index (χ4v) is 3.42. The standard InChI is InChI=1S/C27H22ClN3/c28-25-16-8-14-23(18-25)22-13-7-15-24(17-22)26(29)31-27(21-11-5-2-6-12-21)30-19-20-9-3-1-4-10-20/h1-18H,19H2,(H2,29,30,31). The third kappa shape index (κ3) is 5.47. The van der Waals surface area contributed by atoms with E-state index in [4.69, 9.17) is 27.3 Å². The molecule has 2 N–H and O–H groups in total. The van der Waals surface area contributed by atoms with E-state index in [9.17, 15) is 0 Å². The van der Waals surface area contributed by atoms with Gasteiger partial charge in [0.1, 0.15) is 5.84 Å². The predicted octanol–water partition coefficient (Wildman–Crippen LogP) is 6.36. The zero-order valence-electron chi connectivity index (χ0n) is 16.9. The van der Waals surface area contributed by atoms with Crippen LogP contribution in [0.4, 0.5) is 0 Å². The molecular weight excluding hydrogens is 402 g/mol. The monoisotopic (exact) mass is 423 g/mol. The molecule has 0 fully saturated rings. The molecule has 4 rings (SSSR count). The first-order valence-electron chi connectivity index (χ1n) is 10.0. The number of nitrogens with two attached hydrogens (primary N) is 1. The maximum absolute atomic E-state index is 6.42. The van der Waals surface area contributed by atoms with Crippen molar-refractivity contribution >= 4 is 23.3 Å². The van der Waals surface area contributed by atoms with Crippen molar-refractivity contribution in [3.8, 4) is 11.1 Å². The molecule has 0 amide bonds. The maximum atomic E-state index is 6.42. The Hall–Kier alpha value is -3.69. The average Bonchev–Trinajstić information content (AvgIpc) is 2.83. The van der Waals surface area contributed by atoms with Gasteiger partial charge < -0.3 is 5.73 Å². The SMILES string of the molecule is NC(=NC(=NCc1ccccc1)c1ccccc1)c1cccc(-c2cccc(Cl)c2)c1. The minimum Gasteiger partial charge on any atom is -0.383 e. The van der Waals surface area contributed by atoms with E-state index < -0.39 is 0 Å². The smallest absolute Gasteiger partial charge is 0.157 e. The summed E-state index contributed by atoms with van der Waals surface area (Å²) < 4.78 is 0. The van der Waals surface area contributed by atoms with Gasteiger partial charge >= 0.3 is 0 Å². The fourth-order valence-electron chi connectivity index (χ4n) is 3.23. The second kappa shape index (κ2) is 9.88. The lowest BCUT2D eigenvalue weighted by Gasteiger charge is -2.08. The van der Waals surface area contributed by atoms with Crippen molar-refractivity contribution in [1.82, 2.24) is 0 Å². The summed E-state index contributed by atoms with van der Waals surface area (Å²) >= 11 is 6.15. The Morgan fingerprint density at radius 1 is 0.677 bits per heavy atom. The summed E-state index contributed by atoms with van der Waals surface area (Å²) in [5.74, 6) is 1.02. The first kappa shape index (κ1) is 20.6. The van der Waals surface area contributed by atoms with E-state index in [0.717, 1.165) is 27.8 Å². The van der Waals surface area contributed by atoms with Gasteiger partial charge in [0.25, 0.3) is 0 Å². The van der Waals surface area contributed by atoms with Crippen LogP contribution in [0, 0.1) is 0 Å². The van der Waals surface area contributed by atoms with Crippen molar-refractivity contribution in [3.05, 3.63) is 131 Å². The van der Waals surface area contributed by atoms with Crippen LogP contribution in [0.2, 0.25) is 5.02 Å². The van der Waals surface area contributed by atoms with Gasteiger partial charge in [0, 0.05) is 16.1 Å². The molecule has 4 aromatic rings. The van der Waals surface area contributed by atoms with Crippen molar-refractivity contribution in [2.24, 2.45) is 15.7 Å². The van der Waals surface area contributed by atoms with Crippen LogP contribution in [0.3, 0.4) is 0 Å². The predicted molar refractivity (Wildman–Crippen MR) is 131 cm³/mol.